The average Bonchev–Trinajstić information content (AvgIpc) is 2.41. The molecule has 0 spiro atoms. The molecule has 22 heavy (non-hydrogen) atoms. The van der Waals surface area contributed by atoms with Gasteiger partial charge in [-0.2, -0.15) is 0 Å². The lowest BCUT2D eigenvalue weighted by atomic mass is 10.2. The molecule has 0 radical (unpaired) electrons. The van der Waals surface area contributed by atoms with Gasteiger partial charge in [-0.15, -0.1) is 11.8 Å². The van der Waals surface area contributed by atoms with Crippen LogP contribution in [0.5, 0.6) is 0 Å². The van der Waals surface area contributed by atoms with E-state index >= 15 is 0 Å². The summed E-state index contributed by atoms with van der Waals surface area (Å²) < 4.78 is 10.0. The quantitative estimate of drug-likeness (QED) is 0.492. The third kappa shape index (κ3) is 8.76. The van der Waals surface area contributed by atoms with Crippen LogP contribution in [0.4, 0.5) is 4.79 Å². The molecule has 0 fully saturated rings. The molecule has 0 aliphatic carbocycles. The topological polar surface area (TPSA) is 102 Å². The van der Waals surface area contributed by atoms with E-state index < -0.39 is 29.6 Å². The molecule has 2 N–H and O–H groups in total. The SMILES string of the molecule is CCC(=O)O[C@@H](OC(=O)NC[C@H](SC(C)C)C(=O)O)C(C)C. The Kier molecular flexibility index (Phi) is 9.64. The maximum absolute atomic E-state index is 11.7. The Hall–Kier alpha value is -1.44. The Morgan fingerprint density at radius 3 is 2.14 bits per heavy atom. The van der Waals surface area contributed by atoms with Gasteiger partial charge < -0.3 is 19.9 Å². The standard InChI is InChI=1S/C14H25NO6S/c1-6-11(16)20-13(8(2)3)21-14(19)15-7-10(12(17)18)22-9(4)5/h8-10,13H,6-7H2,1-5H3,(H,15,19)(H,17,18)/t10-,13-/m0/s1. The maximum Gasteiger partial charge on any atom is 0.410 e. The summed E-state index contributed by atoms with van der Waals surface area (Å²) in [5.41, 5.74) is 0. The summed E-state index contributed by atoms with van der Waals surface area (Å²) in [5.74, 6) is -1.68. The minimum Gasteiger partial charge on any atom is -0.480 e. The molecule has 128 valence electrons. The van der Waals surface area contributed by atoms with Crippen molar-refractivity contribution in [1.29, 1.82) is 0 Å². The number of thioether (sulfide) groups is 1. The summed E-state index contributed by atoms with van der Waals surface area (Å²) in [7, 11) is 0. The third-order valence-electron chi connectivity index (χ3n) is 2.45. The highest BCUT2D eigenvalue weighted by atomic mass is 32.2. The number of carboxylic acids is 1. The van der Waals surface area contributed by atoms with Gasteiger partial charge >= 0.3 is 18.0 Å². The number of carboxylic acid groups (broad SMARTS) is 1. The van der Waals surface area contributed by atoms with Crippen LogP contribution in [0.15, 0.2) is 0 Å². The molecule has 0 aliphatic heterocycles. The highest BCUT2D eigenvalue weighted by Gasteiger charge is 2.24. The number of nitrogens with one attached hydrogen (secondary N) is 1. The lowest BCUT2D eigenvalue weighted by molar-refractivity contribution is -0.174. The van der Waals surface area contributed by atoms with Crippen LogP contribution in [0, 0.1) is 5.92 Å². The van der Waals surface area contributed by atoms with Gasteiger partial charge in [0.1, 0.15) is 5.25 Å². The van der Waals surface area contributed by atoms with Gasteiger partial charge in [-0.05, 0) is 5.25 Å². The fourth-order valence-corrected chi connectivity index (χ4v) is 2.31. The van der Waals surface area contributed by atoms with E-state index in [-0.39, 0.29) is 24.1 Å². The summed E-state index contributed by atoms with van der Waals surface area (Å²) in [4.78, 5) is 34.1. The summed E-state index contributed by atoms with van der Waals surface area (Å²) in [5, 5.41) is 10.8. The summed E-state index contributed by atoms with van der Waals surface area (Å²) >= 11 is 1.23. The van der Waals surface area contributed by atoms with Crippen molar-refractivity contribution in [2.24, 2.45) is 5.92 Å². The first kappa shape index (κ1) is 20.6. The predicted molar refractivity (Wildman–Crippen MR) is 83.6 cm³/mol. The van der Waals surface area contributed by atoms with E-state index in [1.54, 1.807) is 20.8 Å². The summed E-state index contributed by atoms with van der Waals surface area (Å²) in [6.45, 7) is 8.81. The van der Waals surface area contributed by atoms with E-state index in [1.165, 1.54) is 11.8 Å². The Morgan fingerprint density at radius 2 is 1.73 bits per heavy atom. The molecule has 0 saturated heterocycles. The maximum atomic E-state index is 11.7. The first-order chi connectivity index (χ1) is 10.2. The molecule has 0 aromatic carbocycles. The van der Waals surface area contributed by atoms with Gasteiger partial charge in [0.25, 0.3) is 6.29 Å². The van der Waals surface area contributed by atoms with Gasteiger partial charge in [0.05, 0.1) is 0 Å². The molecule has 0 heterocycles. The fraction of sp³-hybridized carbons (Fsp3) is 0.786. The minimum atomic E-state index is -1.00. The van der Waals surface area contributed by atoms with Crippen LogP contribution in [-0.2, 0) is 19.1 Å². The number of rotatable bonds is 9. The molecule has 8 heteroatoms. The van der Waals surface area contributed by atoms with Crippen molar-refractivity contribution in [3.05, 3.63) is 0 Å². The van der Waals surface area contributed by atoms with Crippen LogP contribution < -0.4 is 5.32 Å². The molecule has 0 unspecified atom stereocenters. The van der Waals surface area contributed by atoms with Crippen molar-refractivity contribution in [1.82, 2.24) is 5.32 Å². The van der Waals surface area contributed by atoms with Crippen LogP contribution in [0.25, 0.3) is 0 Å². The van der Waals surface area contributed by atoms with E-state index in [0.717, 1.165) is 0 Å². The molecule has 0 aliphatic rings. The Morgan fingerprint density at radius 1 is 1.14 bits per heavy atom. The van der Waals surface area contributed by atoms with Gasteiger partial charge in [0.2, 0.25) is 0 Å². The second kappa shape index (κ2) is 10.3. The number of alkyl carbamates (subject to hydrolysis) is 1. The number of ether oxygens (including phenoxy) is 2. The number of hydrogen-bond acceptors (Lipinski definition) is 6. The van der Waals surface area contributed by atoms with Crippen molar-refractivity contribution >= 4 is 29.8 Å². The zero-order chi connectivity index (χ0) is 17.3. The molecule has 0 bridgehead atoms. The first-order valence-corrected chi connectivity index (χ1v) is 8.13. The second-order valence-electron chi connectivity index (χ2n) is 5.25. The average molecular weight is 335 g/mol. The number of esters is 1. The van der Waals surface area contributed by atoms with E-state index in [2.05, 4.69) is 5.32 Å². The lowest BCUT2D eigenvalue weighted by Crippen LogP contribution is -2.39. The monoisotopic (exact) mass is 335 g/mol. The van der Waals surface area contributed by atoms with Gasteiger partial charge in [-0.3, -0.25) is 9.59 Å². The Balaban J connectivity index is 4.44. The zero-order valence-corrected chi connectivity index (χ0v) is 14.4. The lowest BCUT2D eigenvalue weighted by Gasteiger charge is -2.22. The van der Waals surface area contributed by atoms with Gasteiger partial charge in [0.15, 0.2) is 0 Å². The Bertz CT molecular complexity index is 386. The van der Waals surface area contributed by atoms with Crippen molar-refractivity contribution in [3.63, 3.8) is 0 Å². The van der Waals surface area contributed by atoms with Crippen LogP contribution in [0.3, 0.4) is 0 Å². The number of aliphatic carboxylic acids is 1. The van der Waals surface area contributed by atoms with Crippen molar-refractivity contribution in [3.8, 4) is 0 Å². The van der Waals surface area contributed by atoms with Gasteiger partial charge in [0, 0.05) is 18.9 Å². The van der Waals surface area contributed by atoms with Gasteiger partial charge in [-0.1, -0.05) is 34.6 Å². The number of amides is 1. The minimum absolute atomic E-state index is 0.0659. The zero-order valence-electron chi connectivity index (χ0n) is 13.6. The number of carbonyl (C=O) groups excluding carboxylic acids is 2. The molecule has 1 amide bonds. The third-order valence-corrected chi connectivity index (χ3v) is 3.69. The molecule has 0 aromatic heterocycles. The second-order valence-corrected chi connectivity index (χ2v) is 7.04. The van der Waals surface area contributed by atoms with E-state index in [1.807, 2.05) is 13.8 Å². The highest BCUT2D eigenvalue weighted by molar-refractivity contribution is 8.01. The molecule has 0 saturated carbocycles. The normalized spacial score (nSPS) is 13.6. The smallest absolute Gasteiger partial charge is 0.410 e. The van der Waals surface area contributed by atoms with Crippen LogP contribution >= 0.6 is 11.8 Å². The summed E-state index contributed by atoms with van der Waals surface area (Å²) in [6.07, 6.45) is -1.62. The van der Waals surface area contributed by atoms with E-state index in [4.69, 9.17) is 14.6 Å². The largest absolute Gasteiger partial charge is 0.480 e. The van der Waals surface area contributed by atoms with Crippen LogP contribution in [0.2, 0.25) is 0 Å². The van der Waals surface area contributed by atoms with Crippen LogP contribution in [0.1, 0.15) is 41.0 Å². The molecule has 7 nitrogen and oxygen atoms in total. The predicted octanol–water partition coefficient (Wildman–Crippen LogP) is 2.24. The molecule has 0 aromatic rings. The number of hydrogen-bond donors (Lipinski definition) is 2. The Labute approximate surface area is 135 Å². The van der Waals surface area contributed by atoms with Crippen LogP contribution in [-0.4, -0.2) is 46.5 Å². The summed E-state index contributed by atoms with van der Waals surface area (Å²) in [6, 6.07) is 0. The molecule has 0 rings (SSSR count). The van der Waals surface area contributed by atoms with E-state index in [0.29, 0.717) is 0 Å². The number of carbonyl (C=O) groups is 3. The van der Waals surface area contributed by atoms with Gasteiger partial charge in [-0.25, -0.2) is 4.79 Å². The first-order valence-electron chi connectivity index (χ1n) is 7.19. The molecular weight excluding hydrogens is 310 g/mol. The van der Waals surface area contributed by atoms with E-state index in [9.17, 15) is 14.4 Å². The molecule has 2 atom stereocenters. The van der Waals surface area contributed by atoms with Crippen molar-refractivity contribution in [2.45, 2.75) is 57.8 Å². The molecular formula is C14H25NO6S. The fourth-order valence-electron chi connectivity index (χ4n) is 1.35. The highest BCUT2D eigenvalue weighted by Crippen LogP contribution is 2.17. The van der Waals surface area contributed by atoms with Crippen molar-refractivity contribution < 1.29 is 29.0 Å². The van der Waals surface area contributed by atoms with Crippen molar-refractivity contribution in [2.75, 3.05) is 6.54 Å².